The molecule has 0 unspecified atom stereocenters. The predicted molar refractivity (Wildman–Crippen MR) is 56.5 cm³/mol. The summed E-state index contributed by atoms with van der Waals surface area (Å²) in [4.78, 5) is 10.4. The highest BCUT2D eigenvalue weighted by molar-refractivity contribution is 7.91. The van der Waals surface area contributed by atoms with Crippen molar-refractivity contribution in [2.45, 2.75) is 18.9 Å². The molecule has 5 nitrogen and oxygen atoms in total. The van der Waals surface area contributed by atoms with E-state index in [9.17, 15) is 13.2 Å². The molecule has 0 aromatic heterocycles. The molecule has 6 heteroatoms. The number of hydrogen-bond acceptors (Lipinski definition) is 4. The number of carboxylic acid groups (broad SMARTS) is 1. The molecule has 0 amide bonds. The summed E-state index contributed by atoms with van der Waals surface area (Å²) in [6, 6.07) is 0.0876. The molecule has 1 aliphatic rings. The van der Waals surface area contributed by atoms with Gasteiger partial charge in [-0.3, -0.25) is 0 Å². The lowest BCUT2D eigenvalue weighted by Crippen LogP contribution is -2.38. The number of nitrogens with one attached hydrogen (secondary N) is 1. The molecule has 0 aromatic carbocycles. The summed E-state index contributed by atoms with van der Waals surface area (Å²) in [5, 5.41) is 11.6. The predicted octanol–water partition coefficient (Wildman–Crippen LogP) is -0.206. The van der Waals surface area contributed by atoms with Crippen molar-refractivity contribution in [1.29, 1.82) is 0 Å². The van der Waals surface area contributed by atoms with Gasteiger partial charge in [-0.1, -0.05) is 6.58 Å². The molecule has 0 spiro atoms. The summed E-state index contributed by atoms with van der Waals surface area (Å²) >= 11 is 0. The zero-order valence-electron chi connectivity index (χ0n) is 8.40. The van der Waals surface area contributed by atoms with E-state index in [1.807, 2.05) is 0 Å². The molecule has 86 valence electrons. The molecular weight excluding hydrogens is 218 g/mol. The van der Waals surface area contributed by atoms with Crippen molar-refractivity contribution < 1.29 is 18.3 Å². The first kappa shape index (κ1) is 12.2. The molecule has 0 atom stereocenters. The van der Waals surface area contributed by atoms with Gasteiger partial charge in [-0.2, -0.15) is 0 Å². The molecular formula is C9H15NO4S. The molecule has 0 aromatic rings. The van der Waals surface area contributed by atoms with Crippen LogP contribution in [-0.2, 0) is 14.6 Å². The maximum absolute atomic E-state index is 11.1. The fourth-order valence-electron chi connectivity index (χ4n) is 1.44. The standard InChI is InChI=1S/C9H15NO4S/c1-7(9(11)12)6-10-8-2-4-15(13,14)5-3-8/h8,10H,1-6H2,(H,11,12). The second-order valence-corrected chi connectivity index (χ2v) is 6.02. The molecule has 1 aliphatic heterocycles. The van der Waals surface area contributed by atoms with Crippen molar-refractivity contribution in [2.75, 3.05) is 18.1 Å². The molecule has 1 rings (SSSR count). The Hall–Kier alpha value is -0.880. The number of carbonyl (C=O) groups is 1. The van der Waals surface area contributed by atoms with Gasteiger partial charge in [0.05, 0.1) is 11.5 Å². The third-order valence-electron chi connectivity index (χ3n) is 2.46. The highest BCUT2D eigenvalue weighted by atomic mass is 32.2. The van der Waals surface area contributed by atoms with Crippen LogP contribution in [0.5, 0.6) is 0 Å². The van der Waals surface area contributed by atoms with E-state index in [-0.39, 0.29) is 29.7 Å². The summed E-state index contributed by atoms with van der Waals surface area (Å²) in [5.74, 6) is -0.653. The number of aliphatic carboxylic acids is 1. The molecule has 0 radical (unpaired) electrons. The van der Waals surface area contributed by atoms with Crippen molar-refractivity contribution in [3.63, 3.8) is 0 Å². The van der Waals surface area contributed by atoms with Crippen LogP contribution < -0.4 is 5.32 Å². The van der Waals surface area contributed by atoms with Crippen LogP contribution in [0.3, 0.4) is 0 Å². The maximum Gasteiger partial charge on any atom is 0.332 e. The molecule has 1 heterocycles. The van der Waals surface area contributed by atoms with Crippen LogP contribution in [0.2, 0.25) is 0 Å². The van der Waals surface area contributed by atoms with Gasteiger partial charge in [0.2, 0.25) is 0 Å². The first-order valence-electron chi connectivity index (χ1n) is 4.75. The topological polar surface area (TPSA) is 83.5 Å². The van der Waals surface area contributed by atoms with Crippen molar-refractivity contribution in [1.82, 2.24) is 5.32 Å². The third-order valence-corrected chi connectivity index (χ3v) is 4.18. The summed E-state index contributed by atoms with van der Waals surface area (Å²) in [6.45, 7) is 3.60. The average molecular weight is 233 g/mol. The first-order valence-corrected chi connectivity index (χ1v) is 6.58. The van der Waals surface area contributed by atoms with Crippen LogP contribution in [-0.4, -0.2) is 43.6 Å². The van der Waals surface area contributed by atoms with Gasteiger partial charge in [-0.15, -0.1) is 0 Å². The van der Waals surface area contributed by atoms with Gasteiger partial charge in [0.1, 0.15) is 9.84 Å². The maximum atomic E-state index is 11.1. The fraction of sp³-hybridized carbons (Fsp3) is 0.667. The molecule has 2 N–H and O–H groups in total. The molecule has 15 heavy (non-hydrogen) atoms. The van der Waals surface area contributed by atoms with Crippen LogP contribution in [0, 0.1) is 0 Å². The quantitative estimate of drug-likeness (QED) is 0.657. The van der Waals surface area contributed by atoms with Crippen molar-refractivity contribution in [2.24, 2.45) is 0 Å². The molecule has 0 bridgehead atoms. The average Bonchev–Trinajstić information content (AvgIpc) is 2.15. The second-order valence-electron chi connectivity index (χ2n) is 3.72. The highest BCUT2D eigenvalue weighted by Crippen LogP contribution is 2.12. The van der Waals surface area contributed by atoms with Gasteiger partial charge < -0.3 is 10.4 Å². The molecule has 1 saturated heterocycles. The molecule has 1 fully saturated rings. The largest absolute Gasteiger partial charge is 0.478 e. The minimum absolute atomic E-state index is 0.0876. The number of rotatable bonds is 4. The van der Waals surface area contributed by atoms with Gasteiger partial charge in [0.25, 0.3) is 0 Å². The minimum Gasteiger partial charge on any atom is -0.478 e. The van der Waals surface area contributed by atoms with Crippen molar-refractivity contribution in [3.8, 4) is 0 Å². The Labute approximate surface area is 89.1 Å². The Balaban J connectivity index is 2.31. The third kappa shape index (κ3) is 4.01. The van der Waals surface area contributed by atoms with E-state index >= 15 is 0 Å². The Morgan fingerprint density at radius 1 is 1.40 bits per heavy atom. The first-order chi connectivity index (χ1) is 6.91. The van der Waals surface area contributed by atoms with E-state index in [1.165, 1.54) is 0 Å². The van der Waals surface area contributed by atoms with Gasteiger partial charge in [0, 0.05) is 18.2 Å². The van der Waals surface area contributed by atoms with Crippen LogP contribution in [0.25, 0.3) is 0 Å². The fourth-order valence-corrected chi connectivity index (χ4v) is 2.93. The Bertz CT molecular complexity index is 346. The Kier molecular flexibility index (Phi) is 3.87. The SMILES string of the molecule is C=C(CNC1CCS(=O)(=O)CC1)C(=O)O. The highest BCUT2D eigenvalue weighted by Gasteiger charge is 2.23. The van der Waals surface area contributed by atoms with Gasteiger partial charge in [0.15, 0.2) is 0 Å². The van der Waals surface area contributed by atoms with Crippen LogP contribution in [0.15, 0.2) is 12.2 Å². The summed E-state index contributed by atoms with van der Waals surface area (Å²) in [6.07, 6.45) is 1.10. The van der Waals surface area contributed by atoms with Crippen molar-refractivity contribution >= 4 is 15.8 Å². The van der Waals surface area contributed by atoms with E-state index in [2.05, 4.69) is 11.9 Å². The van der Waals surface area contributed by atoms with Crippen molar-refractivity contribution in [3.05, 3.63) is 12.2 Å². The molecule has 0 saturated carbocycles. The van der Waals surface area contributed by atoms with E-state index in [1.54, 1.807) is 0 Å². The smallest absolute Gasteiger partial charge is 0.332 e. The molecule has 0 aliphatic carbocycles. The van der Waals surface area contributed by atoms with Crippen LogP contribution in [0.1, 0.15) is 12.8 Å². The van der Waals surface area contributed by atoms with Crippen LogP contribution in [0.4, 0.5) is 0 Å². The van der Waals surface area contributed by atoms with Gasteiger partial charge in [-0.25, -0.2) is 13.2 Å². The zero-order valence-corrected chi connectivity index (χ0v) is 9.22. The van der Waals surface area contributed by atoms with Gasteiger partial charge >= 0.3 is 5.97 Å². The van der Waals surface area contributed by atoms with E-state index in [0.717, 1.165) is 0 Å². The lowest BCUT2D eigenvalue weighted by molar-refractivity contribution is -0.132. The number of hydrogen-bond donors (Lipinski definition) is 2. The number of sulfone groups is 1. The normalized spacial score (nSPS) is 21.1. The minimum atomic E-state index is -2.85. The lowest BCUT2D eigenvalue weighted by Gasteiger charge is -2.22. The monoisotopic (exact) mass is 233 g/mol. The van der Waals surface area contributed by atoms with Gasteiger partial charge in [-0.05, 0) is 12.8 Å². The lowest BCUT2D eigenvalue weighted by atomic mass is 10.1. The van der Waals surface area contributed by atoms with Crippen LogP contribution >= 0.6 is 0 Å². The summed E-state index contributed by atoms with van der Waals surface area (Å²) in [7, 11) is -2.85. The van der Waals surface area contributed by atoms with E-state index in [0.29, 0.717) is 12.8 Å². The van der Waals surface area contributed by atoms with E-state index in [4.69, 9.17) is 5.11 Å². The second kappa shape index (κ2) is 4.76. The van der Waals surface area contributed by atoms with E-state index < -0.39 is 15.8 Å². The zero-order chi connectivity index (χ0) is 11.5. The Morgan fingerprint density at radius 2 is 1.93 bits per heavy atom. The number of carboxylic acids is 1. The Morgan fingerprint density at radius 3 is 2.40 bits per heavy atom. The summed E-state index contributed by atoms with van der Waals surface area (Å²) in [5.41, 5.74) is 0.100. The summed E-state index contributed by atoms with van der Waals surface area (Å²) < 4.78 is 22.2.